The van der Waals surface area contributed by atoms with Gasteiger partial charge in [0.15, 0.2) is 0 Å². The van der Waals surface area contributed by atoms with Gasteiger partial charge in [-0.25, -0.2) is 4.79 Å². The molecule has 0 saturated carbocycles. The molecule has 0 aromatic heterocycles. The third-order valence-corrected chi connectivity index (χ3v) is 3.45. The van der Waals surface area contributed by atoms with Gasteiger partial charge in [0.2, 0.25) is 0 Å². The Morgan fingerprint density at radius 3 is 2.37 bits per heavy atom. The van der Waals surface area contributed by atoms with Crippen LogP contribution in [0.4, 0.5) is 0 Å². The number of carboxylic acid groups (broad SMARTS) is 1. The van der Waals surface area contributed by atoms with E-state index in [-0.39, 0.29) is 12.5 Å². The molecule has 1 unspecified atom stereocenters. The molecule has 0 bridgehead atoms. The van der Waals surface area contributed by atoms with E-state index in [4.69, 9.17) is 5.11 Å². The molecule has 0 radical (unpaired) electrons. The first-order valence-corrected chi connectivity index (χ1v) is 7.10. The molecule has 0 heterocycles. The highest BCUT2D eigenvalue weighted by atomic mass is 16.4. The molecular formula is C16H24O3. The number of carbonyl (C=O) groups is 1. The van der Waals surface area contributed by atoms with Crippen molar-refractivity contribution in [2.45, 2.75) is 45.4 Å². The van der Waals surface area contributed by atoms with E-state index < -0.39 is 5.97 Å². The molecule has 0 saturated heterocycles. The van der Waals surface area contributed by atoms with Crippen molar-refractivity contribution in [1.82, 2.24) is 0 Å². The zero-order valence-corrected chi connectivity index (χ0v) is 11.6. The van der Waals surface area contributed by atoms with Crippen LogP contribution in [0.15, 0.2) is 24.3 Å². The summed E-state index contributed by atoms with van der Waals surface area (Å²) >= 11 is 0. The Balaban J connectivity index is 2.44. The minimum Gasteiger partial charge on any atom is -0.478 e. The van der Waals surface area contributed by atoms with Gasteiger partial charge in [-0.1, -0.05) is 44.7 Å². The summed E-state index contributed by atoms with van der Waals surface area (Å²) in [5, 5.41) is 18.2. The van der Waals surface area contributed by atoms with E-state index in [1.54, 1.807) is 12.1 Å². The molecule has 1 aromatic rings. The summed E-state index contributed by atoms with van der Waals surface area (Å²) in [7, 11) is 0. The second-order valence-electron chi connectivity index (χ2n) is 5.10. The van der Waals surface area contributed by atoms with Crippen molar-refractivity contribution in [3.05, 3.63) is 35.4 Å². The van der Waals surface area contributed by atoms with Crippen LogP contribution in [0.25, 0.3) is 0 Å². The van der Waals surface area contributed by atoms with Gasteiger partial charge in [-0.3, -0.25) is 0 Å². The van der Waals surface area contributed by atoms with Gasteiger partial charge in [-0.2, -0.15) is 0 Å². The van der Waals surface area contributed by atoms with Crippen LogP contribution in [0.5, 0.6) is 0 Å². The molecule has 1 aromatic carbocycles. The second-order valence-corrected chi connectivity index (χ2v) is 5.10. The fraction of sp³-hybridized carbons (Fsp3) is 0.562. The van der Waals surface area contributed by atoms with Gasteiger partial charge in [0.25, 0.3) is 0 Å². The highest BCUT2D eigenvalue weighted by Gasteiger charge is 2.09. The molecule has 0 aliphatic heterocycles. The molecule has 19 heavy (non-hydrogen) atoms. The van der Waals surface area contributed by atoms with E-state index in [0.29, 0.717) is 5.56 Å². The average molecular weight is 264 g/mol. The van der Waals surface area contributed by atoms with Gasteiger partial charge < -0.3 is 10.2 Å². The number of aliphatic hydroxyl groups excluding tert-OH is 1. The largest absolute Gasteiger partial charge is 0.478 e. The lowest BCUT2D eigenvalue weighted by Gasteiger charge is -2.14. The molecule has 3 nitrogen and oxygen atoms in total. The molecule has 0 aliphatic carbocycles. The summed E-state index contributed by atoms with van der Waals surface area (Å²) in [6.07, 6.45) is 6.73. The van der Waals surface area contributed by atoms with Crippen LogP contribution in [0.2, 0.25) is 0 Å². The molecule has 3 heteroatoms. The normalized spacial score (nSPS) is 12.3. The first-order chi connectivity index (χ1) is 9.17. The Morgan fingerprint density at radius 2 is 1.84 bits per heavy atom. The molecule has 0 spiro atoms. The lowest BCUT2D eigenvalue weighted by Crippen LogP contribution is -2.10. The Labute approximate surface area is 115 Å². The maximum absolute atomic E-state index is 10.8. The van der Waals surface area contributed by atoms with Crippen molar-refractivity contribution >= 4 is 5.97 Å². The number of hydrogen-bond acceptors (Lipinski definition) is 2. The third-order valence-electron chi connectivity index (χ3n) is 3.45. The standard InChI is InChI=1S/C16H24O3/c1-2-3-4-5-6-14(12-17)11-13-7-9-15(10-8-13)16(18)19/h7-10,14,17H,2-6,11-12H2,1H3,(H,18,19). The smallest absolute Gasteiger partial charge is 0.335 e. The van der Waals surface area contributed by atoms with Gasteiger partial charge in [0.1, 0.15) is 0 Å². The van der Waals surface area contributed by atoms with E-state index >= 15 is 0 Å². The van der Waals surface area contributed by atoms with E-state index in [1.807, 2.05) is 12.1 Å². The number of rotatable bonds is 9. The zero-order chi connectivity index (χ0) is 14.1. The minimum absolute atomic E-state index is 0.201. The number of aromatic carboxylic acids is 1. The molecule has 0 fully saturated rings. The maximum Gasteiger partial charge on any atom is 0.335 e. The highest BCUT2D eigenvalue weighted by molar-refractivity contribution is 5.87. The summed E-state index contributed by atoms with van der Waals surface area (Å²) in [6.45, 7) is 2.39. The molecule has 2 N–H and O–H groups in total. The van der Waals surface area contributed by atoms with Gasteiger partial charge in [-0.15, -0.1) is 0 Å². The second kappa shape index (κ2) is 8.70. The Morgan fingerprint density at radius 1 is 1.16 bits per heavy atom. The first-order valence-electron chi connectivity index (χ1n) is 7.10. The number of hydrogen-bond donors (Lipinski definition) is 2. The van der Waals surface area contributed by atoms with Crippen molar-refractivity contribution in [1.29, 1.82) is 0 Å². The van der Waals surface area contributed by atoms with E-state index in [1.165, 1.54) is 19.3 Å². The molecule has 106 valence electrons. The minimum atomic E-state index is -0.898. The van der Waals surface area contributed by atoms with E-state index in [9.17, 15) is 9.90 Å². The summed E-state index contributed by atoms with van der Waals surface area (Å²) < 4.78 is 0. The van der Waals surface area contributed by atoms with Crippen LogP contribution in [0.1, 0.15) is 54.9 Å². The van der Waals surface area contributed by atoms with E-state index in [0.717, 1.165) is 24.8 Å². The Bertz CT molecular complexity index is 370. The summed E-state index contributed by atoms with van der Waals surface area (Å²) in [4.78, 5) is 10.8. The van der Waals surface area contributed by atoms with Crippen molar-refractivity contribution in [3.63, 3.8) is 0 Å². The quantitative estimate of drug-likeness (QED) is 0.671. The number of benzene rings is 1. The van der Waals surface area contributed by atoms with Crippen LogP contribution >= 0.6 is 0 Å². The molecule has 1 atom stereocenters. The average Bonchev–Trinajstić information content (AvgIpc) is 2.42. The maximum atomic E-state index is 10.8. The van der Waals surface area contributed by atoms with Crippen molar-refractivity contribution in [3.8, 4) is 0 Å². The topological polar surface area (TPSA) is 57.5 Å². The summed E-state index contributed by atoms with van der Waals surface area (Å²) in [6, 6.07) is 6.95. The van der Waals surface area contributed by atoms with Crippen LogP contribution in [-0.2, 0) is 6.42 Å². The van der Waals surface area contributed by atoms with Gasteiger partial charge >= 0.3 is 5.97 Å². The van der Waals surface area contributed by atoms with Crippen LogP contribution < -0.4 is 0 Å². The first kappa shape index (κ1) is 15.7. The van der Waals surface area contributed by atoms with Crippen molar-refractivity contribution in [2.75, 3.05) is 6.61 Å². The van der Waals surface area contributed by atoms with Crippen LogP contribution in [-0.4, -0.2) is 22.8 Å². The summed E-state index contributed by atoms with van der Waals surface area (Å²) in [5.41, 5.74) is 1.41. The Hall–Kier alpha value is -1.35. The predicted octanol–water partition coefficient (Wildman–Crippen LogP) is 3.51. The fourth-order valence-electron chi connectivity index (χ4n) is 2.23. The monoisotopic (exact) mass is 264 g/mol. The SMILES string of the molecule is CCCCCCC(CO)Cc1ccc(C(=O)O)cc1. The number of unbranched alkanes of at least 4 members (excludes halogenated alkanes) is 3. The highest BCUT2D eigenvalue weighted by Crippen LogP contribution is 2.16. The van der Waals surface area contributed by atoms with Crippen LogP contribution in [0, 0.1) is 5.92 Å². The number of aliphatic hydroxyl groups is 1. The van der Waals surface area contributed by atoms with Crippen LogP contribution in [0.3, 0.4) is 0 Å². The molecule has 0 amide bonds. The molecule has 1 rings (SSSR count). The van der Waals surface area contributed by atoms with Gasteiger partial charge in [-0.05, 0) is 36.5 Å². The summed E-state index contributed by atoms with van der Waals surface area (Å²) in [5.74, 6) is -0.614. The van der Waals surface area contributed by atoms with Gasteiger partial charge in [0.05, 0.1) is 5.56 Å². The molecular weight excluding hydrogens is 240 g/mol. The lowest BCUT2D eigenvalue weighted by atomic mass is 9.94. The third kappa shape index (κ3) is 5.88. The Kier molecular flexibility index (Phi) is 7.19. The number of carboxylic acids is 1. The fourth-order valence-corrected chi connectivity index (χ4v) is 2.23. The molecule has 0 aliphatic rings. The van der Waals surface area contributed by atoms with Crippen molar-refractivity contribution < 1.29 is 15.0 Å². The van der Waals surface area contributed by atoms with E-state index in [2.05, 4.69) is 6.92 Å². The zero-order valence-electron chi connectivity index (χ0n) is 11.6. The van der Waals surface area contributed by atoms with Gasteiger partial charge in [0, 0.05) is 6.61 Å². The lowest BCUT2D eigenvalue weighted by molar-refractivity contribution is 0.0697. The predicted molar refractivity (Wildman–Crippen MR) is 76.4 cm³/mol. The van der Waals surface area contributed by atoms with Crippen molar-refractivity contribution in [2.24, 2.45) is 5.92 Å².